The number of carbonyl (C=O) groups excluding carboxylic acids is 1. The summed E-state index contributed by atoms with van der Waals surface area (Å²) in [6.45, 7) is 3.52. The van der Waals surface area contributed by atoms with E-state index >= 15 is 0 Å². The van der Waals surface area contributed by atoms with Crippen LogP contribution in [0, 0.1) is 12.8 Å². The Morgan fingerprint density at radius 1 is 0.882 bits per heavy atom. The van der Waals surface area contributed by atoms with Gasteiger partial charge in [-0.05, 0) is 67.5 Å². The first-order valence-electron chi connectivity index (χ1n) is 11.8. The smallest absolute Gasteiger partial charge is 0.264 e. The first-order chi connectivity index (χ1) is 16.3. The molecule has 0 aliphatic carbocycles. The highest BCUT2D eigenvalue weighted by Gasteiger charge is 2.24. The van der Waals surface area contributed by atoms with Crippen LogP contribution in [0.5, 0.6) is 0 Å². The number of piperidine rings is 1. The number of aryl methyl sites for hydroxylation is 1. The van der Waals surface area contributed by atoms with Crippen LogP contribution in [0.15, 0.2) is 83.8 Å². The summed E-state index contributed by atoms with van der Waals surface area (Å²) >= 11 is 0. The minimum absolute atomic E-state index is 0.131. The number of amides is 1. The Kier molecular flexibility index (Phi) is 7.37. The van der Waals surface area contributed by atoms with Gasteiger partial charge in [0.25, 0.3) is 10.0 Å². The topological polar surface area (TPSA) is 57.7 Å². The van der Waals surface area contributed by atoms with Crippen molar-refractivity contribution < 1.29 is 13.2 Å². The molecule has 1 fully saturated rings. The normalized spacial score (nSPS) is 14.7. The van der Waals surface area contributed by atoms with E-state index in [-0.39, 0.29) is 10.8 Å². The zero-order chi connectivity index (χ0) is 24.1. The van der Waals surface area contributed by atoms with E-state index in [1.165, 1.54) is 9.87 Å². The van der Waals surface area contributed by atoms with Crippen molar-refractivity contribution in [1.82, 2.24) is 4.90 Å². The second-order valence-corrected chi connectivity index (χ2v) is 11.1. The van der Waals surface area contributed by atoms with Gasteiger partial charge in [0, 0.05) is 20.1 Å². The Bertz CT molecular complexity index is 1200. The van der Waals surface area contributed by atoms with Crippen molar-refractivity contribution in [1.29, 1.82) is 0 Å². The molecule has 1 saturated heterocycles. The van der Waals surface area contributed by atoms with Crippen molar-refractivity contribution in [2.24, 2.45) is 5.92 Å². The van der Waals surface area contributed by atoms with Gasteiger partial charge in [-0.1, -0.05) is 60.2 Å². The van der Waals surface area contributed by atoms with Gasteiger partial charge in [0.1, 0.15) is 0 Å². The number of hydrogen-bond acceptors (Lipinski definition) is 3. The average Bonchev–Trinajstić information content (AvgIpc) is 2.85. The molecule has 1 aliphatic rings. The van der Waals surface area contributed by atoms with Crippen LogP contribution in [0.1, 0.15) is 29.5 Å². The second-order valence-electron chi connectivity index (χ2n) is 9.14. The fourth-order valence-electron chi connectivity index (χ4n) is 4.45. The van der Waals surface area contributed by atoms with Crippen molar-refractivity contribution in [2.75, 3.05) is 24.4 Å². The number of carbonyl (C=O) groups is 1. The van der Waals surface area contributed by atoms with Crippen LogP contribution >= 0.6 is 0 Å². The summed E-state index contributed by atoms with van der Waals surface area (Å²) < 4.78 is 27.1. The molecule has 4 rings (SSSR count). The van der Waals surface area contributed by atoms with Crippen molar-refractivity contribution in [3.05, 3.63) is 95.6 Å². The fourth-order valence-corrected chi connectivity index (χ4v) is 5.65. The summed E-state index contributed by atoms with van der Waals surface area (Å²) in [7, 11) is -2.08. The van der Waals surface area contributed by atoms with E-state index in [0.29, 0.717) is 18.0 Å². The Labute approximate surface area is 203 Å². The Morgan fingerprint density at radius 2 is 1.50 bits per heavy atom. The van der Waals surface area contributed by atoms with Gasteiger partial charge >= 0.3 is 0 Å². The van der Waals surface area contributed by atoms with Gasteiger partial charge in [-0.15, -0.1) is 0 Å². The van der Waals surface area contributed by atoms with Gasteiger partial charge in [-0.25, -0.2) is 8.42 Å². The monoisotopic (exact) mass is 476 g/mol. The molecule has 0 bridgehead atoms. The minimum atomic E-state index is -3.63. The van der Waals surface area contributed by atoms with E-state index in [0.717, 1.165) is 43.5 Å². The van der Waals surface area contributed by atoms with Crippen molar-refractivity contribution >= 4 is 21.6 Å². The first kappa shape index (κ1) is 24.0. The largest absolute Gasteiger partial charge is 0.342 e. The van der Waals surface area contributed by atoms with E-state index in [4.69, 9.17) is 0 Å². The molecule has 1 amide bonds. The van der Waals surface area contributed by atoms with Crippen molar-refractivity contribution in [2.45, 2.75) is 37.5 Å². The molecule has 0 unspecified atom stereocenters. The number of rotatable bonds is 7. The lowest BCUT2D eigenvalue weighted by molar-refractivity contribution is -0.131. The number of nitrogens with zero attached hydrogens (tertiary/aromatic N) is 2. The van der Waals surface area contributed by atoms with E-state index in [2.05, 4.69) is 24.3 Å². The van der Waals surface area contributed by atoms with Gasteiger partial charge in [0.15, 0.2) is 0 Å². The van der Waals surface area contributed by atoms with Gasteiger partial charge in [-0.3, -0.25) is 9.10 Å². The molecule has 0 aromatic heterocycles. The Morgan fingerprint density at radius 3 is 2.12 bits per heavy atom. The molecule has 0 spiro atoms. The molecule has 0 atom stereocenters. The van der Waals surface area contributed by atoms with Gasteiger partial charge < -0.3 is 4.90 Å². The lowest BCUT2D eigenvalue weighted by Crippen LogP contribution is -2.39. The molecule has 3 aromatic carbocycles. The van der Waals surface area contributed by atoms with Crippen LogP contribution in [0.3, 0.4) is 0 Å². The third-order valence-corrected chi connectivity index (χ3v) is 8.47. The molecule has 178 valence electrons. The molecule has 34 heavy (non-hydrogen) atoms. The maximum atomic E-state index is 12.9. The Balaban J connectivity index is 1.32. The summed E-state index contributed by atoms with van der Waals surface area (Å²) in [5.41, 5.74) is 3.83. The molecule has 1 aliphatic heterocycles. The Hall–Kier alpha value is -3.12. The van der Waals surface area contributed by atoms with Crippen LogP contribution in [0.25, 0.3) is 0 Å². The first-order valence-corrected chi connectivity index (χ1v) is 13.2. The van der Waals surface area contributed by atoms with Crippen LogP contribution in [0.2, 0.25) is 0 Å². The van der Waals surface area contributed by atoms with Crippen molar-refractivity contribution in [3.8, 4) is 0 Å². The van der Waals surface area contributed by atoms with E-state index in [1.54, 1.807) is 43.4 Å². The summed E-state index contributed by atoms with van der Waals surface area (Å²) in [6, 6.07) is 24.6. The number of anilines is 1. The standard InChI is InChI=1S/C28H32N2O3S/c1-22-8-14-27(15-9-22)34(32,33)29(2)26-12-10-24(11-13-26)21-28(31)30-18-16-25(17-19-30)20-23-6-4-3-5-7-23/h3-15,25H,16-21H2,1-2H3. The van der Waals surface area contributed by atoms with Crippen LogP contribution in [-0.2, 0) is 27.7 Å². The molecule has 0 saturated carbocycles. The quantitative estimate of drug-likeness (QED) is 0.490. The third-order valence-electron chi connectivity index (χ3n) is 6.67. The third kappa shape index (κ3) is 5.68. The van der Waals surface area contributed by atoms with E-state index in [9.17, 15) is 13.2 Å². The van der Waals surface area contributed by atoms with Crippen LogP contribution < -0.4 is 4.31 Å². The molecule has 6 heteroatoms. The zero-order valence-corrected chi connectivity index (χ0v) is 20.7. The SMILES string of the molecule is Cc1ccc(S(=O)(=O)N(C)c2ccc(CC(=O)N3CCC(Cc4ccccc4)CC3)cc2)cc1. The number of likely N-dealkylation sites (tertiary alicyclic amines) is 1. The number of hydrogen-bond donors (Lipinski definition) is 0. The van der Waals surface area contributed by atoms with Gasteiger partial charge in [0.05, 0.1) is 17.0 Å². The highest BCUT2D eigenvalue weighted by atomic mass is 32.2. The summed E-state index contributed by atoms with van der Waals surface area (Å²) in [4.78, 5) is 15.1. The maximum Gasteiger partial charge on any atom is 0.264 e. The predicted molar refractivity (Wildman–Crippen MR) is 136 cm³/mol. The average molecular weight is 477 g/mol. The minimum Gasteiger partial charge on any atom is -0.342 e. The lowest BCUT2D eigenvalue weighted by atomic mass is 9.90. The van der Waals surface area contributed by atoms with E-state index in [1.807, 2.05) is 30.0 Å². The summed E-state index contributed by atoms with van der Waals surface area (Å²) in [5.74, 6) is 0.753. The molecule has 0 radical (unpaired) electrons. The van der Waals surface area contributed by atoms with Gasteiger partial charge in [0.2, 0.25) is 5.91 Å². The number of sulfonamides is 1. The molecule has 5 nitrogen and oxygen atoms in total. The molecule has 1 heterocycles. The van der Waals surface area contributed by atoms with Crippen molar-refractivity contribution in [3.63, 3.8) is 0 Å². The molecular weight excluding hydrogens is 444 g/mol. The summed E-state index contributed by atoms with van der Waals surface area (Å²) in [6.07, 6.45) is 3.46. The maximum absolute atomic E-state index is 12.9. The highest BCUT2D eigenvalue weighted by Crippen LogP contribution is 2.24. The fraction of sp³-hybridized carbons (Fsp3) is 0.321. The number of benzene rings is 3. The van der Waals surface area contributed by atoms with Crippen LogP contribution in [-0.4, -0.2) is 39.4 Å². The molecular formula is C28H32N2O3S. The molecule has 0 N–H and O–H groups in total. The zero-order valence-electron chi connectivity index (χ0n) is 19.9. The van der Waals surface area contributed by atoms with Crippen LogP contribution in [0.4, 0.5) is 5.69 Å². The predicted octanol–water partition coefficient (Wildman–Crippen LogP) is 4.84. The second kappa shape index (κ2) is 10.4. The van der Waals surface area contributed by atoms with Gasteiger partial charge in [-0.2, -0.15) is 0 Å². The van der Waals surface area contributed by atoms with E-state index < -0.39 is 10.0 Å². The highest BCUT2D eigenvalue weighted by molar-refractivity contribution is 7.92. The molecule has 3 aromatic rings. The lowest BCUT2D eigenvalue weighted by Gasteiger charge is -2.32. The summed E-state index contributed by atoms with van der Waals surface area (Å²) in [5, 5.41) is 0.